The molecular weight excluding hydrogens is 333 g/mol. The highest BCUT2D eigenvalue weighted by atomic mass is 19.1. The van der Waals surface area contributed by atoms with Crippen molar-refractivity contribution in [3.05, 3.63) is 71.2 Å². The highest BCUT2D eigenvalue weighted by Gasteiger charge is 2.14. The summed E-state index contributed by atoms with van der Waals surface area (Å²) in [5.41, 5.74) is 2.42. The Morgan fingerprint density at radius 2 is 1.85 bits per heavy atom. The highest BCUT2D eigenvalue weighted by molar-refractivity contribution is 6.12. The second-order valence-electron chi connectivity index (χ2n) is 6.21. The second-order valence-corrected chi connectivity index (χ2v) is 6.21. The summed E-state index contributed by atoms with van der Waals surface area (Å²) in [6.45, 7) is 1.75. The maximum absolute atomic E-state index is 13.5. The van der Waals surface area contributed by atoms with E-state index in [2.05, 4.69) is 10.3 Å². The molecule has 0 saturated carbocycles. The molecule has 5 nitrogen and oxygen atoms in total. The molecule has 0 aliphatic carbocycles. The lowest BCUT2D eigenvalue weighted by molar-refractivity contribution is 0.0827. The molecule has 132 valence electrons. The number of anilines is 1. The number of carbonyl (C=O) groups is 2. The van der Waals surface area contributed by atoms with Crippen molar-refractivity contribution >= 4 is 28.4 Å². The lowest BCUT2D eigenvalue weighted by atomic mass is 10.1. The number of amides is 2. The number of pyridine rings is 1. The Kier molecular flexibility index (Phi) is 4.67. The van der Waals surface area contributed by atoms with Crippen LogP contribution in [-0.4, -0.2) is 35.8 Å². The van der Waals surface area contributed by atoms with Gasteiger partial charge in [-0.1, -0.05) is 6.07 Å². The van der Waals surface area contributed by atoms with E-state index in [-0.39, 0.29) is 11.8 Å². The SMILES string of the molecule is Cc1cc(C(=O)Nc2cccc(C(=O)N(C)C)c2)c2ccc(F)cc2n1. The van der Waals surface area contributed by atoms with E-state index in [4.69, 9.17) is 0 Å². The summed E-state index contributed by atoms with van der Waals surface area (Å²) in [6, 6.07) is 12.5. The molecule has 0 aliphatic heterocycles. The molecule has 2 amide bonds. The van der Waals surface area contributed by atoms with Crippen molar-refractivity contribution in [2.24, 2.45) is 0 Å². The predicted molar refractivity (Wildman–Crippen MR) is 98.9 cm³/mol. The standard InChI is InChI=1S/C20H18FN3O2/c1-12-9-17(16-8-7-14(21)11-18(16)22-12)19(25)23-15-6-4-5-13(10-15)20(26)24(2)3/h4-11H,1-3H3,(H,23,25). The van der Waals surface area contributed by atoms with E-state index in [1.165, 1.54) is 23.1 Å². The number of carbonyl (C=O) groups excluding carboxylic acids is 2. The minimum Gasteiger partial charge on any atom is -0.345 e. The zero-order valence-corrected chi connectivity index (χ0v) is 14.7. The molecule has 2 aromatic carbocycles. The van der Waals surface area contributed by atoms with Gasteiger partial charge in [-0.15, -0.1) is 0 Å². The number of nitrogens with one attached hydrogen (secondary N) is 1. The molecule has 6 heteroatoms. The Bertz CT molecular complexity index is 1010. The van der Waals surface area contributed by atoms with Gasteiger partial charge in [-0.3, -0.25) is 14.6 Å². The summed E-state index contributed by atoms with van der Waals surface area (Å²) in [6.07, 6.45) is 0. The molecule has 0 atom stereocenters. The molecule has 0 spiro atoms. The van der Waals surface area contributed by atoms with E-state index >= 15 is 0 Å². The van der Waals surface area contributed by atoms with Gasteiger partial charge >= 0.3 is 0 Å². The number of fused-ring (bicyclic) bond motifs is 1. The minimum absolute atomic E-state index is 0.151. The van der Waals surface area contributed by atoms with E-state index in [1.54, 1.807) is 51.4 Å². The summed E-state index contributed by atoms with van der Waals surface area (Å²) < 4.78 is 13.5. The zero-order valence-electron chi connectivity index (χ0n) is 14.7. The van der Waals surface area contributed by atoms with Crippen LogP contribution in [0.4, 0.5) is 10.1 Å². The molecule has 0 aliphatic rings. The minimum atomic E-state index is -0.406. The second kappa shape index (κ2) is 6.92. The highest BCUT2D eigenvalue weighted by Crippen LogP contribution is 2.21. The molecule has 0 bridgehead atoms. The topological polar surface area (TPSA) is 62.3 Å². The Morgan fingerprint density at radius 3 is 2.58 bits per heavy atom. The van der Waals surface area contributed by atoms with Crippen molar-refractivity contribution in [1.29, 1.82) is 0 Å². The first-order chi connectivity index (χ1) is 12.3. The van der Waals surface area contributed by atoms with Crippen molar-refractivity contribution in [3.8, 4) is 0 Å². The van der Waals surface area contributed by atoms with Crippen LogP contribution in [0.5, 0.6) is 0 Å². The summed E-state index contributed by atoms with van der Waals surface area (Å²) in [5.74, 6) is -0.903. The first-order valence-corrected chi connectivity index (χ1v) is 8.05. The van der Waals surface area contributed by atoms with Crippen LogP contribution in [0, 0.1) is 12.7 Å². The Morgan fingerprint density at radius 1 is 1.08 bits per heavy atom. The average molecular weight is 351 g/mol. The number of benzene rings is 2. The van der Waals surface area contributed by atoms with Crippen molar-refractivity contribution in [2.45, 2.75) is 6.92 Å². The van der Waals surface area contributed by atoms with E-state index in [0.717, 1.165) is 0 Å². The van der Waals surface area contributed by atoms with Crippen LogP contribution in [0.1, 0.15) is 26.4 Å². The lowest BCUT2D eigenvalue weighted by Gasteiger charge is -2.12. The Labute approximate surface area is 150 Å². The fraction of sp³-hybridized carbons (Fsp3) is 0.150. The fourth-order valence-corrected chi connectivity index (χ4v) is 2.71. The molecule has 3 rings (SSSR count). The number of aromatic nitrogens is 1. The van der Waals surface area contributed by atoms with Gasteiger partial charge < -0.3 is 10.2 Å². The van der Waals surface area contributed by atoms with E-state index < -0.39 is 5.82 Å². The van der Waals surface area contributed by atoms with Crippen molar-refractivity contribution in [3.63, 3.8) is 0 Å². The van der Waals surface area contributed by atoms with Gasteiger partial charge in [0.05, 0.1) is 11.1 Å². The van der Waals surface area contributed by atoms with Gasteiger partial charge in [-0.25, -0.2) is 4.39 Å². The van der Waals surface area contributed by atoms with Crippen molar-refractivity contribution in [2.75, 3.05) is 19.4 Å². The average Bonchev–Trinajstić information content (AvgIpc) is 2.60. The number of rotatable bonds is 3. The van der Waals surface area contributed by atoms with Crippen LogP contribution >= 0.6 is 0 Å². The van der Waals surface area contributed by atoms with E-state index in [1.807, 2.05) is 0 Å². The third kappa shape index (κ3) is 3.54. The Balaban J connectivity index is 1.95. The smallest absolute Gasteiger partial charge is 0.256 e. The van der Waals surface area contributed by atoms with Crippen molar-refractivity contribution in [1.82, 2.24) is 9.88 Å². The van der Waals surface area contributed by atoms with Crippen LogP contribution < -0.4 is 5.32 Å². The Hall–Kier alpha value is -3.28. The van der Waals surface area contributed by atoms with Gasteiger partial charge in [-0.2, -0.15) is 0 Å². The van der Waals surface area contributed by atoms with E-state index in [0.29, 0.717) is 33.4 Å². The first-order valence-electron chi connectivity index (χ1n) is 8.05. The molecule has 0 fully saturated rings. The number of aryl methyl sites for hydroxylation is 1. The van der Waals surface area contributed by atoms with E-state index in [9.17, 15) is 14.0 Å². The molecule has 26 heavy (non-hydrogen) atoms. The molecule has 1 aromatic heterocycles. The predicted octanol–water partition coefficient (Wildman–Crippen LogP) is 3.64. The quantitative estimate of drug-likeness (QED) is 0.784. The van der Waals surface area contributed by atoms with Crippen LogP contribution in [0.3, 0.4) is 0 Å². The monoisotopic (exact) mass is 351 g/mol. The number of halogens is 1. The number of hydrogen-bond acceptors (Lipinski definition) is 3. The summed E-state index contributed by atoms with van der Waals surface area (Å²) in [4.78, 5) is 30.6. The molecule has 1 heterocycles. The lowest BCUT2D eigenvalue weighted by Crippen LogP contribution is -2.22. The van der Waals surface area contributed by atoms with Gasteiger partial charge in [0, 0.05) is 42.5 Å². The maximum atomic E-state index is 13.5. The molecule has 3 aromatic rings. The van der Waals surface area contributed by atoms with Gasteiger partial charge in [0.1, 0.15) is 5.82 Å². The van der Waals surface area contributed by atoms with Crippen LogP contribution in [0.2, 0.25) is 0 Å². The van der Waals surface area contributed by atoms with Gasteiger partial charge in [0.15, 0.2) is 0 Å². The molecule has 1 N–H and O–H groups in total. The maximum Gasteiger partial charge on any atom is 0.256 e. The third-order valence-electron chi connectivity index (χ3n) is 3.92. The normalized spacial score (nSPS) is 10.6. The third-order valence-corrected chi connectivity index (χ3v) is 3.92. The number of nitrogens with zero attached hydrogens (tertiary/aromatic N) is 2. The largest absolute Gasteiger partial charge is 0.345 e. The van der Waals surface area contributed by atoms with Crippen LogP contribution in [-0.2, 0) is 0 Å². The number of hydrogen-bond donors (Lipinski definition) is 1. The molecule has 0 saturated heterocycles. The summed E-state index contributed by atoms with van der Waals surface area (Å²) in [7, 11) is 3.33. The van der Waals surface area contributed by atoms with Crippen LogP contribution in [0.25, 0.3) is 10.9 Å². The van der Waals surface area contributed by atoms with Crippen molar-refractivity contribution < 1.29 is 14.0 Å². The van der Waals surface area contributed by atoms with Crippen LogP contribution in [0.15, 0.2) is 48.5 Å². The van der Waals surface area contributed by atoms with Gasteiger partial charge in [0.2, 0.25) is 0 Å². The molecule has 0 unspecified atom stereocenters. The van der Waals surface area contributed by atoms with Gasteiger partial charge in [-0.05, 0) is 43.3 Å². The molecular formula is C20H18FN3O2. The fourth-order valence-electron chi connectivity index (χ4n) is 2.71. The van der Waals surface area contributed by atoms with Gasteiger partial charge in [0.25, 0.3) is 11.8 Å². The summed E-state index contributed by atoms with van der Waals surface area (Å²) >= 11 is 0. The first kappa shape index (κ1) is 17.5. The molecule has 0 radical (unpaired) electrons. The summed E-state index contributed by atoms with van der Waals surface area (Å²) in [5, 5.41) is 3.36. The zero-order chi connectivity index (χ0) is 18.8.